The standard InChI is InChI=1S/C16H21N3O3S/c1-2-6-13-18-19-14(20)9-12(17-16(19)23-13)10-22-15(21)11-7-4-3-5-8-11/h9,11H,2-8,10H2,1H3. The van der Waals surface area contributed by atoms with Gasteiger partial charge in [-0.05, 0) is 19.3 Å². The van der Waals surface area contributed by atoms with E-state index in [0.717, 1.165) is 43.5 Å². The van der Waals surface area contributed by atoms with E-state index in [9.17, 15) is 9.59 Å². The number of rotatable bonds is 5. The molecule has 7 heteroatoms. The fourth-order valence-electron chi connectivity index (χ4n) is 2.89. The van der Waals surface area contributed by atoms with E-state index in [1.54, 1.807) is 0 Å². The number of aromatic nitrogens is 3. The maximum atomic E-state index is 12.1. The van der Waals surface area contributed by atoms with E-state index in [4.69, 9.17) is 4.74 Å². The number of hydrogen-bond acceptors (Lipinski definition) is 6. The predicted molar refractivity (Wildman–Crippen MR) is 87.5 cm³/mol. The van der Waals surface area contributed by atoms with Crippen molar-refractivity contribution in [2.24, 2.45) is 5.92 Å². The van der Waals surface area contributed by atoms with Crippen molar-refractivity contribution in [1.29, 1.82) is 0 Å². The van der Waals surface area contributed by atoms with Gasteiger partial charge in [0.25, 0.3) is 5.56 Å². The number of nitrogens with zero attached hydrogens (tertiary/aromatic N) is 3. The molecule has 0 aliphatic heterocycles. The van der Waals surface area contributed by atoms with Gasteiger partial charge in [-0.1, -0.05) is 37.5 Å². The van der Waals surface area contributed by atoms with Crippen LogP contribution in [0.1, 0.15) is 56.2 Å². The number of aryl methyl sites for hydroxylation is 1. The number of fused-ring (bicyclic) bond motifs is 1. The second kappa shape index (κ2) is 7.21. The van der Waals surface area contributed by atoms with Gasteiger partial charge in [0, 0.05) is 12.5 Å². The zero-order valence-electron chi connectivity index (χ0n) is 13.3. The van der Waals surface area contributed by atoms with Crippen molar-refractivity contribution in [3.8, 4) is 0 Å². The summed E-state index contributed by atoms with van der Waals surface area (Å²) in [6, 6.07) is 1.40. The average Bonchev–Trinajstić information content (AvgIpc) is 2.97. The molecule has 23 heavy (non-hydrogen) atoms. The largest absolute Gasteiger partial charge is 0.459 e. The van der Waals surface area contributed by atoms with Crippen LogP contribution in [0.3, 0.4) is 0 Å². The molecule has 2 aromatic heterocycles. The Bertz CT molecular complexity index is 747. The predicted octanol–water partition coefficient (Wildman–Crippen LogP) is 2.73. The minimum absolute atomic E-state index is 0.00754. The Kier molecular flexibility index (Phi) is 5.05. The van der Waals surface area contributed by atoms with Gasteiger partial charge >= 0.3 is 5.97 Å². The van der Waals surface area contributed by atoms with Gasteiger partial charge in [0.1, 0.15) is 11.6 Å². The first-order valence-corrected chi connectivity index (χ1v) is 9.04. The lowest BCUT2D eigenvalue weighted by molar-refractivity contribution is -0.151. The molecule has 3 rings (SSSR count). The van der Waals surface area contributed by atoms with Gasteiger partial charge in [0.2, 0.25) is 4.96 Å². The SMILES string of the molecule is CCCc1nn2c(=O)cc(COC(=O)C3CCCCC3)nc2s1. The van der Waals surface area contributed by atoms with Crippen LogP contribution in [0.25, 0.3) is 4.96 Å². The minimum Gasteiger partial charge on any atom is -0.459 e. The molecule has 0 spiro atoms. The highest BCUT2D eigenvalue weighted by Crippen LogP contribution is 2.25. The van der Waals surface area contributed by atoms with Crippen LogP contribution in [0.5, 0.6) is 0 Å². The summed E-state index contributed by atoms with van der Waals surface area (Å²) in [6.07, 6.45) is 7.00. The summed E-state index contributed by atoms with van der Waals surface area (Å²) in [5.74, 6) is -0.157. The van der Waals surface area contributed by atoms with Crippen molar-refractivity contribution in [2.45, 2.75) is 58.5 Å². The lowest BCUT2D eigenvalue weighted by Gasteiger charge is -2.19. The molecule has 1 aliphatic carbocycles. The van der Waals surface area contributed by atoms with Crippen LogP contribution in [0.15, 0.2) is 10.9 Å². The number of esters is 1. The molecule has 0 unspecified atom stereocenters. The molecule has 2 aromatic rings. The third kappa shape index (κ3) is 3.77. The smallest absolute Gasteiger partial charge is 0.309 e. The highest BCUT2D eigenvalue weighted by Gasteiger charge is 2.22. The highest BCUT2D eigenvalue weighted by molar-refractivity contribution is 7.16. The number of carbonyl (C=O) groups is 1. The molecule has 1 aliphatic rings. The molecule has 0 amide bonds. The molecule has 1 fully saturated rings. The van der Waals surface area contributed by atoms with Crippen LogP contribution >= 0.6 is 11.3 Å². The summed E-state index contributed by atoms with van der Waals surface area (Å²) in [6.45, 7) is 2.13. The zero-order valence-corrected chi connectivity index (χ0v) is 14.1. The van der Waals surface area contributed by atoms with Crippen molar-refractivity contribution in [1.82, 2.24) is 14.6 Å². The van der Waals surface area contributed by atoms with Gasteiger partial charge in [0.15, 0.2) is 0 Å². The molecule has 0 radical (unpaired) electrons. The molecular weight excluding hydrogens is 314 g/mol. The summed E-state index contributed by atoms with van der Waals surface area (Å²) >= 11 is 1.41. The fraction of sp³-hybridized carbons (Fsp3) is 0.625. The number of ether oxygens (including phenoxy) is 1. The van der Waals surface area contributed by atoms with Crippen molar-refractivity contribution in [3.05, 3.63) is 27.1 Å². The average molecular weight is 335 g/mol. The van der Waals surface area contributed by atoms with Crippen molar-refractivity contribution >= 4 is 22.3 Å². The first kappa shape index (κ1) is 16.1. The third-order valence-corrected chi connectivity index (χ3v) is 5.07. The van der Waals surface area contributed by atoms with E-state index >= 15 is 0 Å². The molecule has 0 N–H and O–H groups in total. The molecule has 6 nitrogen and oxygen atoms in total. The Balaban J connectivity index is 1.70. The van der Waals surface area contributed by atoms with Crippen molar-refractivity contribution < 1.29 is 9.53 Å². The molecule has 1 saturated carbocycles. The molecule has 0 saturated heterocycles. The number of carbonyl (C=O) groups excluding carboxylic acids is 1. The van der Waals surface area contributed by atoms with E-state index in [1.807, 2.05) is 0 Å². The maximum Gasteiger partial charge on any atom is 0.309 e. The normalized spacial score (nSPS) is 15.9. The zero-order chi connectivity index (χ0) is 16.2. The number of hydrogen-bond donors (Lipinski definition) is 0. The molecule has 0 atom stereocenters. The van der Waals surface area contributed by atoms with E-state index in [2.05, 4.69) is 17.0 Å². The summed E-state index contributed by atoms with van der Waals surface area (Å²) < 4.78 is 6.68. The van der Waals surface area contributed by atoms with Gasteiger partial charge in [-0.2, -0.15) is 9.61 Å². The molecular formula is C16H21N3O3S. The van der Waals surface area contributed by atoms with Gasteiger partial charge in [-0.3, -0.25) is 9.59 Å². The van der Waals surface area contributed by atoms with Gasteiger partial charge < -0.3 is 4.74 Å². The molecule has 0 aromatic carbocycles. The van der Waals surface area contributed by atoms with E-state index < -0.39 is 0 Å². The van der Waals surface area contributed by atoms with Crippen LogP contribution in [0.2, 0.25) is 0 Å². The topological polar surface area (TPSA) is 73.6 Å². The summed E-state index contributed by atoms with van der Waals surface area (Å²) in [4.78, 5) is 29.1. The van der Waals surface area contributed by atoms with Gasteiger partial charge in [-0.15, -0.1) is 0 Å². The Hall–Kier alpha value is -1.76. The maximum absolute atomic E-state index is 12.1. The quantitative estimate of drug-likeness (QED) is 0.786. The van der Waals surface area contributed by atoms with Crippen LogP contribution in [-0.4, -0.2) is 20.6 Å². The van der Waals surface area contributed by atoms with Crippen LogP contribution in [0.4, 0.5) is 0 Å². The molecule has 2 heterocycles. The van der Waals surface area contributed by atoms with E-state index in [1.165, 1.54) is 28.3 Å². The highest BCUT2D eigenvalue weighted by atomic mass is 32.1. The summed E-state index contributed by atoms with van der Waals surface area (Å²) in [7, 11) is 0. The molecule has 124 valence electrons. The lowest BCUT2D eigenvalue weighted by atomic mass is 9.89. The Labute approximate surface area is 138 Å². The third-order valence-electron chi connectivity index (χ3n) is 4.10. The Morgan fingerprint density at radius 1 is 1.39 bits per heavy atom. The van der Waals surface area contributed by atoms with Gasteiger partial charge in [0.05, 0.1) is 11.6 Å². The van der Waals surface area contributed by atoms with E-state index in [0.29, 0.717) is 10.7 Å². The van der Waals surface area contributed by atoms with Crippen LogP contribution in [0, 0.1) is 5.92 Å². The summed E-state index contributed by atoms with van der Waals surface area (Å²) in [5, 5.41) is 5.16. The first-order valence-electron chi connectivity index (χ1n) is 8.22. The van der Waals surface area contributed by atoms with E-state index in [-0.39, 0.29) is 24.1 Å². The minimum atomic E-state index is -0.225. The Morgan fingerprint density at radius 3 is 2.91 bits per heavy atom. The van der Waals surface area contributed by atoms with Gasteiger partial charge in [-0.25, -0.2) is 4.98 Å². The summed E-state index contributed by atoms with van der Waals surface area (Å²) in [5.41, 5.74) is 0.267. The molecule has 0 bridgehead atoms. The fourth-order valence-corrected chi connectivity index (χ4v) is 3.91. The first-order chi connectivity index (χ1) is 11.2. The van der Waals surface area contributed by atoms with Crippen LogP contribution in [-0.2, 0) is 22.6 Å². The van der Waals surface area contributed by atoms with Crippen molar-refractivity contribution in [2.75, 3.05) is 0 Å². The second-order valence-corrected chi connectivity index (χ2v) is 7.01. The lowest BCUT2D eigenvalue weighted by Crippen LogP contribution is -2.21. The second-order valence-electron chi connectivity index (χ2n) is 5.97. The monoisotopic (exact) mass is 335 g/mol. The van der Waals surface area contributed by atoms with Crippen LogP contribution < -0.4 is 5.56 Å². The Morgan fingerprint density at radius 2 is 2.17 bits per heavy atom. The van der Waals surface area contributed by atoms with Crippen molar-refractivity contribution in [3.63, 3.8) is 0 Å².